The molecule has 0 aliphatic carbocycles. The van der Waals surface area contributed by atoms with Crippen molar-refractivity contribution in [3.63, 3.8) is 0 Å². The molecule has 0 amide bonds. The van der Waals surface area contributed by atoms with Gasteiger partial charge in [-0.25, -0.2) is 0 Å². The molecular weight excluding hydrogens is 222 g/mol. The van der Waals surface area contributed by atoms with Gasteiger partial charge in [0.05, 0.1) is 0 Å². The molecule has 2 saturated heterocycles. The smallest absolute Gasteiger partial charge is 0.0122 e. The molecule has 16 heavy (non-hydrogen) atoms. The van der Waals surface area contributed by atoms with Crippen molar-refractivity contribution in [2.75, 3.05) is 19.6 Å². The van der Waals surface area contributed by atoms with Gasteiger partial charge in [-0.2, -0.15) is 0 Å². The van der Waals surface area contributed by atoms with Crippen LogP contribution < -0.4 is 11.1 Å². The van der Waals surface area contributed by atoms with Crippen LogP contribution in [0.25, 0.3) is 0 Å². The van der Waals surface area contributed by atoms with Gasteiger partial charge in [0.1, 0.15) is 0 Å². The monoisotopic (exact) mass is 247 g/mol. The minimum Gasteiger partial charge on any atom is -0.328 e. The summed E-state index contributed by atoms with van der Waals surface area (Å²) in [6.45, 7) is 5.93. The van der Waals surface area contributed by atoms with Crippen LogP contribution in [0.2, 0.25) is 0 Å². The highest BCUT2D eigenvalue weighted by atomic mass is 35.5. The Hall–Kier alpha value is 0.170. The molecule has 0 aromatic rings. The van der Waals surface area contributed by atoms with Crippen LogP contribution in [0.15, 0.2) is 0 Å². The highest BCUT2D eigenvalue weighted by Crippen LogP contribution is 2.24. The quantitative estimate of drug-likeness (QED) is 0.775. The largest absolute Gasteiger partial charge is 0.328 e. The molecule has 2 aliphatic heterocycles. The van der Waals surface area contributed by atoms with Crippen LogP contribution in [0, 0.1) is 0 Å². The summed E-state index contributed by atoms with van der Waals surface area (Å²) >= 11 is 0. The molecule has 0 aromatic carbocycles. The molecule has 2 rings (SSSR count). The number of halogens is 1. The van der Waals surface area contributed by atoms with Crippen LogP contribution in [-0.4, -0.2) is 42.7 Å². The van der Waals surface area contributed by atoms with E-state index in [2.05, 4.69) is 17.1 Å². The topological polar surface area (TPSA) is 41.3 Å². The number of rotatable bonds is 2. The lowest BCUT2D eigenvalue weighted by Gasteiger charge is -2.44. The lowest BCUT2D eigenvalue weighted by Crippen LogP contribution is -2.53. The second-order valence-corrected chi connectivity index (χ2v) is 5.07. The molecule has 96 valence electrons. The lowest BCUT2D eigenvalue weighted by atomic mass is 9.92. The Morgan fingerprint density at radius 2 is 1.94 bits per heavy atom. The number of hydrogen-bond donors (Lipinski definition) is 2. The Kier molecular flexibility index (Phi) is 6.05. The molecule has 3 N–H and O–H groups in total. The fourth-order valence-electron chi connectivity index (χ4n) is 3.12. The first-order valence-electron chi connectivity index (χ1n) is 6.53. The fourth-order valence-corrected chi connectivity index (χ4v) is 3.12. The maximum Gasteiger partial charge on any atom is 0.0122 e. The molecule has 0 radical (unpaired) electrons. The maximum atomic E-state index is 6.05. The van der Waals surface area contributed by atoms with Crippen molar-refractivity contribution in [3.8, 4) is 0 Å². The van der Waals surface area contributed by atoms with E-state index in [0.29, 0.717) is 6.04 Å². The predicted octanol–water partition coefficient (Wildman–Crippen LogP) is 1.36. The van der Waals surface area contributed by atoms with E-state index in [1.807, 2.05) is 0 Å². The predicted molar refractivity (Wildman–Crippen MR) is 71.1 cm³/mol. The third kappa shape index (κ3) is 3.33. The number of hydrogen-bond acceptors (Lipinski definition) is 3. The van der Waals surface area contributed by atoms with Crippen molar-refractivity contribution in [2.24, 2.45) is 5.73 Å². The van der Waals surface area contributed by atoms with Gasteiger partial charge in [0.25, 0.3) is 0 Å². The molecule has 4 heteroatoms. The molecule has 2 heterocycles. The van der Waals surface area contributed by atoms with E-state index in [4.69, 9.17) is 5.73 Å². The first kappa shape index (κ1) is 14.2. The Morgan fingerprint density at radius 1 is 1.25 bits per heavy atom. The molecule has 2 atom stereocenters. The molecule has 0 saturated carbocycles. The average Bonchev–Trinajstić information content (AvgIpc) is 2.30. The van der Waals surface area contributed by atoms with Crippen LogP contribution in [0.3, 0.4) is 0 Å². The van der Waals surface area contributed by atoms with Crippen LogP contribution in [0.5, 0.6) is 0 Å². The molecule has 0 bridgehead atoms. The molecule has 0 spiro atoms. The van der Waals surface area contributed by atoms with Crippen LogP contribution >= 0.6 is 12.4 Å². The van der Waals surface area contributed by atoms with Gasteiger partial charge in [-0.05, 0) is 45.2 Å². The second-order valence-electron chi connectivity index (χ2n) is 5.07. The molecular formula is C12H26ClN3. The van der Waals surface area contributed by atoms with E-state index in [1.165, 1.54) is 51.7 Å². The molecule has 2 fully saturated rings. The molecule has 3 nitrogen and oxygen atoms in total. The standard InChI is InChI=1S/C12H25N3.ClH/c1-2-11-9-10(13)5-8-15(11)12-3-6-14-7-4-12;/h10-12,14H,2-9,13H2,1H3;1H/t10?,11-;/m1./s1. The van der Waals surface area contributed by atoms with Crippen molar-refractivity contribution in [2.45, 2.75) is 57.2 Å². The number of nitrogens with two attached hydrogens (primary N) is 1. The second kappa shape index (κ2) is 6.80. The van der Waals surface area contributed by atoms with Gasteiger partial charge in [-0.3, -0.25) is 4.90 Å². The fraction of sp³-hybridized carbons (Fsp3) is 1.00. The van der Waals surface area contributed by atoms with E-state index >= 15 is 0 Å². The van der Waals surface area contributed by atoms with E-state index in [9.17, 15) is 0 Å². The number of piperidine rings is 2. The van der Waals surface area contributed by atoms with Crippen molar-refractivity contribution >= 4 is 12.4 Å². The third-order valence-electron chi connectivity index (χ3n) is 4.05. The van der Waals surface area contributed by atoms with Crippen LogP contribution in [0.4, 0.5) is 0 Å². The summed E-state index contributed by atoms with van der Waals surface area (Å²) in [5.74, 6) is 0. The van der Waals surface area contributed by atoms with Gasteiger partial charge < -0.3 is 11.1 Å². The Labute approximate surface area is 106 Å². The zero-order valence-electron chi connectivity index (χ0n) is 10.3. The van der Waals surface area contributed by atoms with Gasteiger partial charge in [-0.15, -0.1) is 12.4 Å². The van der Waals surface area contributed by atoms with E-state index in [0.717, 1.165) is 12.1 Å². The zero-order chi connectivity index (χ0) is 10.7. The van der Waals surface area contributed by atoms with Crippen molar-refractivity contribution in [3.05, 3.63) is 0 Å². The maximum absolute atomic E-state index is 6.05. The minimum absolute atomic E-state index is 0. The third-order valence-corrected chi connectivity index (χ3v) is 4.05. The summed E-state index contributed by atoms with van der Waals surface area (Å²) in [5, 5.41) is 3.44. The molecule has 2 aliphatic rings. The normalized spacial score (nSPS) is 33.4. The molecule has 0 aromatic heterocycles. The number of nitrogens with zero attached hydrogens (tertiary/aromatic N) is 1. The zero-order valence-corrected chi connectivity index (χ0v) is 11.1. The Balaban J connectivity index is 0.00000128. The summed E-state index contributed by atoms with van der Waals surface area (Å²) in [6, 6.07) is 2.02. The summed E-state index contributed by atoms with van der Waals surface area (Å²) < 4.78 is 0. The Morgan fingerprint density at radius 3 is 2.56 bits per heavy atom. The Bertz CT molecular complexity index is 193. The summed E-state index contributed by atoms with van der Waals surface area (Å²) in [5.41, 5.74) is 6.05. The van der Waals surface area contributed by atoms with E-state index in [-0.39, 0.29) is 12.4 Å². The highest BCUT2D eigenvalue weighted by Gasteiger charge is 2.30. The number of likely N-dealkylation sites (tertiary alicyclic amines) is 1. The van der Waals surface area contributed by atoms with Crippen molar-refractivity contribution in [1.82, 2.24) is 10.2 Å². The average molecular weight is 248 g/mol. The summed E-state index contributed by atoms with van der Waals surface area (Å²) in [6.07, 6.45) is 6.32. The van der Waals surface area contributed by atoms with E-state index < -0.39 is 0 Å². The summed E-state index contributed by atoms with van der Waals surface area (Å²) in [4.78, 5) is 2.74. The minimum atomic E-state index is 0. The summed E-state index contributed by atoms with van der Waals surface area (Å²) in [7, 11) is 0. The van der Waals surface area contributed by atoms with E-state index in [1.54, 1.807) is 0 Å². The van der Waals surface area contributed by atoms with Gasteiger partial charge in [-0.1, -0.05) is 6.92 Å². The van der Waals surface area contributed by atoms with Crippen molar-refractivity contribution < 1.29 is 0 Å². The highest BCUT2D eigenvalue weighted by molar-refractivity contribution is 5.85. The van der Waals surface area contributed by atoms with Crippen LogP contribution in [0.1, 0.15) is 39.0 Å². The lowest BCUT2D eigenvalue weighted by molar-refractivity contribution is 0.0664. The number of nitrogens with one attached hydrogen (secondary N) is 1. The van der Waals surface area contributed by atoms with Gasteiger partial charge in [0.2, 0.25) is 0 Å². The van der Waals surface area contributed by atoms with Gasteiger partial charge in [0.15, 0.2) is 0 Å². The van der Waals surface area contributed by atoms with Gasteiger partial charge in [0, 0.05) is 24.7 Å². The van der Waals surface area contributed by atoms with Crippen molar-refractivity contribution in [1.29, 1.82) is 0 Å². The SMILES string of the molecule is CC[C@@H]1CC(N)CCN1C1CCNCC1.Cl. The van der Waals surface area contributed by atoms with Gasteiger partial charge >= 0.3 is 0 Å². The first-order chi connectivity index (χ1) is 7.31. The first-order valence-corrected chi connectivity index (χ1v) is 6.53. The van der Waals surface area contributed by atoms with Crippen LogP contribution in [-0.2, 0) is 0 Å². The molecule has 1 unspecified atom stereocenters.